The van der Waals surface area contributed by atoms with Crippen molar-refractivity contribution in [3.63, 3.8) is 0 Å². The molecule has 5 nitrogen and oxygen atoms in total. The first-order chi connectivity index (χ1) is 27.7. The van der Waals surface area contributed by atoms with Crippen LogP contribution >= 0.6 is 0 Å². The predicted molar refractivity (Wildman–Crippen MR) is 228 cm³/mol. The Balaban J connectivity index is 1.07. The van der Waals surface area contributed by atoms with E-state index in [1.54, 1.807) is 0 Å². The van der Waals surface area contributed by atoms with Crippen molar-refractivity contribution >= 4 is 21.8 Å². The lowest BCUT2D eigenvalue weighted by Crippen LogP contribution is -2.00. The van der Waals surface area contributed by atoms with Gasteiger partial charge >= 0.3 is 0 Å². The standard InChI is InChI=1S/C51H33N5/c1-5-14-35(15-6-1)45-31-29-37-28-30-43-44(33-46(36-16-7-2-8-17-36)53-48(43)47(37)52-45)42-23-13-22-41(32-42)34-24-26-40(27-25-34)51-55-49(38-18-9-3-10-19-38)54-50(56-51)39-20-11-4-12-21-39/h1-33H. The first kappa shape index (κ1) is 33.0. The van der Waals surface area contributed by atoms with Crippen molar-refractivity contribution < 1.29 is 0 Å². The molecule has 3 aromatic heterocycles. The molecule has 0 spiro atoms. The van der Waals surface area contributed by atoms with Gasteiger partial charge in [-0.2, -0.15) is 0 Å². The van der Waals surface area contributed by atoms with Crippen molar-refractivity contribution in [2.75, 3.05) is 0 Å². The number of pyridine rings is 2. The summed E-state index contributed by atoms with van der Waals surface area (Å²) in [5, 5.41) is 2.11. The quantitative estimate of drug-likeness (QED) is 0.154. The summed E-state index contributed by atoms with van der Waals surface area (Å²) < 4.78 is 0. The van der Waals surface area contributed by atoms with Crippen LogP contribution in [0.5, 0.6) is 0 Å². The van der Waals surface area contributed by atoms with Crippen LogP contribution < -0.4 is 0 Å². The molecule has 56 heavy (non-hydrogen) atoms. The van der Waals surface area contributed by atoms with Crippen LogP contribution in [0.25, 0.3) is 101 Å². The molecular formula is C51H33N5. The van der Waals surface area contributed by atoms with Gasteiger partial charge in [-0.1, -0.05) is 182 Å². The average Bonchev–Trinajstić information content (AvgIpc) is 3.29. The lowest BCUT2D eigenvalue weighted by Gasteiger charge is -2.14. The van der Waals surface area contributed by atoms with Crippen LogP contribution in [0.3, 0.4) is 0 Å². The average molecular weight is 716 g/mol. The van der Waals surface area contributed by atoms with Gasteiger partial charge in [0.2, 0.25) is 0 Å². The molecule has 0 radical (unpaired) electrons. The zero-order valence-corrected chi connectivity index (χ0v) is 30.3. The van der Waals surface area contributed by atoms with Gasteiger partial charge in [0, 0.05) is 38.6 Å². The molecule has 0 saturated heterocycles. The number of benzene rings is 7. The van der Waals surface area contributed by atoms with Gasteiger partial charge < -0.3 is 0 Å². The molecule has 0 unspecified atom stereocenters. The fraction of sp³-hybridized carbons (Fsp3) is 0. The fourth-order valence-corrected chi connectivity index (χ4v) is 7.25. The molecule has 0 aliphatic rings. The second-order valence-electron chi connectivity index (χ2n) is 13.7. The Kier molecular flexibility index (Phi) is 8.43. The van der Waals surface area contributed by atoms with E-state index in [1.165, 1.54) is 0 Å². The van der Waals surface area contributed by atoms with E-state index in [2.05, 4.69) is 115 Å². The van der Waals surface area contributed by atoms with Crippen molar-refractivity contribution in [3.8, 4) is 78.9 Å². The summed E-state index contributed by atoms with van der Waals surface area (Å²) in [4.78, 5) is 25.2. The van der Waals surface area contributed by atoms with Gasteiger partial charge in [0.15, 0.2) is 17.5 Å². The second kappa shape index (κ2) is 14.3. The minimum Gasteiger partial charge on any atom is -0.245 e. The van der Waals surface area contributed by atoms with Gasteiger partial charge in [-0.05, 0) is 40.5 Å². The van der Waals surface area contributed by atoms with Gasteiger partial charge in [-0.3, -0.25) is 0 Å². The minimum atomic E-state index is 0.631. The Hall–Kier alpha value is -7.63. The highest BCUT2D eigenvalue weighted by molar-refractivity contribution is 6.10. The molecule has 0 N–H and O–H groups in total. The molecule has 0 atom stereocenters. The number of hydrogen-bond acceptors (Lipinski definition) is 5. The number of fused-ring (bicyclic) bond motifs is 3. The fourth-order valence-electron chi connectivity index (χ4n) is 7.25. The third-order valence-electron chi connectivity index (χ3n) is 10.1. The van der Waals surface area contributed by atoms with E-state index >= 15 is 0 Å². The van der Waals surface area contributed by atoms with Crippen molar-refractivity contribution in [2.45, 2.75) is 0 Å². The summed E-state index contributed by atoms with van der Waals surface area (Å²) >= 11 is 0. The normalized spacial score (nSPS) is 11.2. The number of rotatable bonds is 7. The van der Waals surface area contributed by atoms with E-state index in [1.807, 2.05) is 84.9 Å². The van der Waals surface area contributed by atoms with Crippen LogP contribution in [-0.2, 0) is 0 Å². The first-order valence-electron chi connectivity index (χ1n) is 18.7. The maximum atomic E-state index is 5.29. The Labute approximate surface area is 324 Å². The zero-order valence-electron chi connectivity index (χ0n) is 30.3. The topological polar surface area (TPSA) is 64.5 Å². The summed E-state index contributed by atoms with van der Waals surface area (Å²) in [6, 6.07) is 68.8. The highest BCUT2D eigenvalue weighted by Gasteiger charge is 2.16. The highest BCUT2D eigenvalue weighted by atomic mass is 15.0. The summed E-state index contributed by atoms with van der Waals surface area (Å²) in [6.07, 6.45) is 0. The van der Waals surface area contributed by atoms with Gasteiger partial charge in [0.1, 0.15) is 0 Å². The van der Waals surface area contributed by atoms with E-state index in [9.17, 15) is 0 Å². The van der Waals surface area contributed by atoms with E-state index in [0.717, 1.165) is 83.3 Å². The Morgan fingerprint density at radius 3 is 1.29 bits per heavy atom. The lowest BCUT2D eigenvalue weighted by molar-refractivity contribution is 1.07. The highest BCUT2D eigenvalue weighted by Crippen LogP contribution is 2.37. The Morgan fingerprint density at radius 2 is 0.696 bits per heavy atom. The molecule has 3 heterocycles. The Bertz CT molecular complexity index is 2930. The van der Waals surface area contributed by atoms with Crippen LogP contribution in [0, 0.1) is 0 Å². The van der Waals surface area contributed by atoms with E-state index in [0.29, 0.717) is 17.5 Å². The number of aromatic nitrogens is 5. The lowest BCUT2D eigenvalue weighted by atomic mass is 9.94. The second-order valence-corrected chi connectivity index (χ2v) is 13.7. The monoisotopic (exact) mass is 715 g/mol. The van der Waals surface area contributed by atoms with Crippen LogP contribution in [0.1, 0.15) is 0 Å². The molecular weight excluding hydrogens is 683 g/mol. The van der Waals surface area contributed by atoms with Crippen LogP contribution in [0.2, 0.25) is 0 Å². The molecule has 262 valence electrons. The minimum absolute atomic E-state index is 0.631. The molecule has 0 aliphatic carbocycles. The molecule has 0 amide bonds. The van der Waals surface area contributed by atoms with Gasteiger partial charge in [0.25, 0.3) is 0 Å². The van der Waals surface area contributed by atoms with E-state index in [4.69, 9.17) is 24.9 Å². The SMILES string of the molecule is c1ccc(-c2ccc3ccc4c(-c5cccc(-c6ccc(-c7nc(-c8ccccc8)nc(-c8ccccc8)n7)cc6)c5)cc(-c5ccccc5)nc4c3n2)cc1. The van der Waals surface area contributed by atoms with E-state index in [-0.39, 0.29) is 0 Å². The van der Waals surface area contributed by atoms with Crippen LogP contribution in [0.4, 0.5) is 0 Å². The van der Waals surface area contributed by atoms with Crippen molar-refractivity contribution in [1.29, 1.82) is 0 Å². The summed E-state index contributed by atoms with van der Waals surface area (Å²) in [5.74, 6) is 1.92. The summed E-state index contributed by atoms with van der Waals surface area (Å²) in [7, 11) is 0. The van der Waals surface area contributed by atoms with Crippen molar-refractivity contribution in [3.05, 3.63) is 200 Å². The Morgan fingerprint density at radius 1 is 0.250 bits per heavy atom. The number of hydrogen-bond donors (Lipinski definition) is 0. The zero-order chi connectivity index (χ0) is 37.3. The molecule has 10 aromatic rings. The van der Waals surface area contributed by atoms with Crippen LogP contribution in [-0.4, -0.2) is 24.9 Å². The van der Waals surface area contributed by atoms with Crippen molar-refractivity contribution in [1.82, 2.24) is 24.9 Å². The molecule has 10 rings (SSSR count). The maximum Gasteiger partial charge on any atom is 0.164 e. The van der Waals surface area contributed by atoms with Gasteiger partial charge in [-0.15, -0.1) is 0 Å². The van der Waals surface area contributed by atoms with Crippen LogP contribution in [0.15, 0.2) is 200 Å². The summed E-state index contributed by atoms with van der Waals surface area (Å²) in [6.45, 7) is 0. The molecule has 0 bridgehead atoms. The molecule has 7 aromatic carbocycles. The maximum absolute atomic E-state index is 5.29. The smallest absolute Gasteiger partial charge is 0.164 e. The summed E-state index contributed by atoms with van der Waals surface area (Å²) in [5.41, 5.74) is 13.0. The molecule has 5 heteroatoms. The van der Waals surface area contributed by atoms with Crippen molar-refractivity contribution in [2.24, 2.45) is 0 Å². The molecule has 0 aliphatic heterocycles. The number of nitrogens with zero attached hydrogens (tertiary/aromatic N) is 5. The third-order valence-corrected chi connectivity index (χ3v) is 10.1. The van der Waals surface area contributed by atoms with Gasteiger partial charge in [0.05, 0.1) is 22.4 Å². The molecule has 0 saturated carbocycles. The van der Waals surface area contributed by atoms with Gasteiger partial charge in [-0.25, -0.2) is 24.9 Å². The molecule has 0 fully saturated rings. The third kappa shape index (κ3) is 6.37. The predicted octanol–water partition coefficient (Wildman–Crippen LogP) is 12.6. The largest absolute Gasteiger partial charge is 0.245 e. The first-order valence-corrected chi connectivity index (χ1v) is 18.7. The van der Waals surface area contributed by atoms with E-state index < -0.39 is 0 Å².